The molecule has 1 heterocycles. The molecule has 1 aliphatic rings. The van der Waals surface area contributed by atoms with Crippen LogP contribution < -0.4 is 10.0 Å². The predicted molar refractivity (Wildman–Crippen MR) is 107 cm³/mol. The van der Waals surface area contributed by atoms with E-state index in [2.05, 4.69) is 4.72 Å². The summed E-state index contributed by atoms with van der Waals surface area (Å²) in [4.78, 5) is 9.79. The molecular weight excluding hydrogens is 383 g/mol. The summed E-state index contributed by atoms with van der Waals surface area (Å²) in [5.41, 5.74) is 2.16. The molecule has 2 atom stereocenters. The van der Waals surface area contributed by atoms with Gasteiger partial charge in [0.2, 0.25) is 5.30 Å². The number of nitrogens with one attached hydrogen (secondary N) is 1. The fourth-order valence-corrected chi connectivity index (χ4v) is 5.69. The molecule has 144 valence electrons. The van der Waals surface area contributed by atoms with Gasteiger partial charge in [0.05, 0.1) is 6.04 Å². The molecule has 2 aromatic carbocycles. The maximum atomic E-state index is 12.8. The van der Waals surface area contributed by atoms with Crippen molar-refractivity contribution in [3.05, 3.63) is 54.1 Å². The Balaban J connectivity index is 2.00. The van der Waals surface area contributed by atoms with Gasteiger partial charge in [-0.2, -0.15) is 22.3 Å². The lowest BCUT2D eigenvalue weighted by Gasteiger charge is -2.28. The SMILES string of the molecule is CC(NS(=O)(=O)N1CCCCC1)c1c(-c2ccccc2)cccc1[P+](=O)O. The van der Waals surface area contributed by atoms with E-state index in [4.69, 9.17) is 0 Å². The third kappa shape index (κ3) is 4.62. The largest absolute Gasteiger partial charge is 0.546 e. The molecule has 3 rings (SSSR count). The maximum Gasteiger partial charge on any atom is 0.546 e. The zero-order valence-corrected chi connectivity index (χ0v) is 16.9. The van der Waals surface area contributed by atoms with Gasteiger partial charge in [0.1, 0.15) is 0 Å². The van der Waals surface area contributed by atoms with Crippen molar-refractivity contribution in [2.75, 3.05) is 13.1 Å². The molecule has 1 fully saturated rings. The molecule has 0 aromatic heterocycles. The van der Waals surface area contributed by atoms with Crippen LogP contribution in [0.15, 0.2) is 48.5 Å². The quantitative estimate of drug-likeness (QED) is 0.721. The molecule has 1 aliphatic heterocycles. The fraction of sp³-hybridized carbons (Fsp3) is 0.368. The van der Waals surface area contributed by atoms with Crippen molar-refractivity contribution in [2.24, 2.45) is 0 Å². The molecular formula is C19H24N2O4PS+. The minimum Gasteiger partial charge on any atom is -0.195 e. The third-order valence-electron chi connectivity index (χ3n) is 4.79. The van der Waals surface area contributed by atoms with Crippen molar-refractivity contribution in [1.29, 1.82) is 0 Å². The van der Waals surface area contributed by atoms with Crippen molar-refractivity contribution >= 4 is 23.5 Å². The molecule has 8 heteroatoms. The van der Waals surface area contributed by atoms with Crippen LogP contribution in [-0.4, -0.2) is 30.7 Å². The van der Waals surface area contributed by atoms with Crippen molar-refractivity contribution in [2.45, 2.75) is 32.2 Å². The standard InChI is InChI=1S/C19H23N2O4PS/c1-15(20-27(24,25)21-13-6-3-7-14-21)19-17(16-9-4-2-5-10-16)11-8-12-18(19)26(22)23/h2,4-5,8-12,15,20H,3,6-7,13-14H2,1H3/p+1. The molecule has 0 spiro atoms. The highest BCUT2D eigenvalue weighted by Crippen LogP contribution is 2.32. The Bertz CT molecular complexity index is 913. The first-order valence-corrected chi connectivity index (χ1v) is 11.7. The second-order valence-corrected chi connectivity index (χ2v) is 9.41. The van der Waals surface area contributed by atoms with E-state index >= 15 is 0 Å². The van der Waals surface area contributed by atoms with Crippen molar-refractivity contribution in [3.63, 3.8) is 0 Å². The first-order chi connectivity index (χ1) is 12.9. The smallest absolute Gasteiger partial charge is 0.195 e. The first-order valence-electron chi connectivity index (χ1n) is 9.02. The molecule has 6 nitrogen and oxygen atoms in total. The van der Waals surface area contributed by atoms with Crippen LogP contribution in [0.3, 0.4) is 0 Å². The molecule has 2 aromatic rings. The number of nitrogens with zero attached hydrogens (tertiary/aromatic N) is 1. The second-order valence-electron chi connectivity index (χ2n) is 6.68. The lowest BCUT2D eigenvalue weighted by Crippen LogP contribution is -2.44. The van der Waals surface area contributed by atoms with E-state index in [0.717, 1.165) is 30.4 Å². The molecule has 2 N–H and O–H groups in total. The molecule has 1 saturated heterocycles. The van der Waals surface area contributed by atoms with Crippen LogP contribution in [-0.2, 0) is 14.8 Å². The Hall–Kier alpha value is -1.63. The van der Waals surface area contributed by atoms with Crippen LogP contribution >= 0.6 is 8.03 Å². The van der Waals surface area contributed by atoms with Gasteiger partial charge in [0.25, 0.3) is 10.2 Å². The van der Waals surface area contributed by atoms with Crippen LogP contribution in [0.2, 0.25) is 0 Å². The first kappa shape index (κ1) is 20.1. The van der Waals surface area contributed by atoms with Gasteiger partial charge in [0.15, 0.2) is 0 Å². The van der Waals surface area contributed by atoms with Gasteiger partial charge in [0, 0.05) is 18.7 Å². The second kappa shape index (κ2) is 8.59. The Kier molecular flexibility index (Phi) is 6.40. The topological polar surface area (TPSA) is 86.7 Å². The summed E-state index contributed by atoms with van der Waals surface area (Å²) in [5.74, 6) is 0. The summed E-state index contributed by atoms with van der Waals surface area (Å²) < 4.78 is 41.7. The van der Waals surface area contributed by atoms with Crippen molar-refractivity contribution in [3.8, 4) is 11.1 Å². The minimum absolute atomic E-state index is 0.250. The van der Waals surface area contributed by atoms with E-state index in [1.54, 1.807) is 19.1 Å². The average molecular weight is 407 g/mol. The predicted octanol–water partition coefficient (Wildman–Crippen LogP) is 3.09. The van der Waals surface area contributed by atoms with Crippen LogP contribution in [0.4, 0.5) is 0 Å². The minimum atomic E-state index is -3.67. The van der Waals surface area contributed by atoms with Gasteiger partial charge in [-0.25, -0.2) is 0 Å². The zero-order valence-electron chi connectivity index (χ0n) is 15.2. The molecule has 27 heavy (non-hydrogen) atoms. The monoisotopic (exact) mass is 407 g/mol. The van der Waals surface area contributed by atoms with Gasteiger partial charge in [-0.15, -0.1) is 0 Å². The summed E-state index contributed by atoms with van der Waals surface area (Å²) in [6, 6.07) is 14.0. The van der Waals surface area contributed by atoms with E-state index in [0.29, 0.717) is 18.7 Å². The molecule has 0 radical (unpaired) electrons. The molecule has 0 aliphatic carbocycles. The Morgan fingerprint density at radius 1 is 1.04 bits per heavy atom. The number of benzene rings is 2. The number of piperidine rings is 1. The lowest BCUT2D eigenvalue weighted by molar-refractivity contribution is 0.339. The van der Waals surface area contributed by atoms with Gasteiger partial charge in [-0.3, -0.25) is 0 Å². The summed E-state index contributed by atoms with van der Waals surface area (Å²) in [6.45, 7) is 2.72. The Labute approximate surface area is 161 Å². The number of hydrogen-bond donors (Lipinski definition) is 2. The van der Waals surface area contributed by atoms with Crippen molar-refractivity contribution in [1.82, 2.24) is 9.03 Å². The summed E-state index contributed by atoms with van der Waals surface area (Å²) in [6.07, 6.45) is 2.74. The van der Waals surface area contributed by atoms with E-state index in [9.17, 15) is 17.9 Å². The van der Waals surface area contributed by atoms with E-state index < -0.39 is 24.3 Å². The highest BCUT2D eigenvalue weighted by Gasteiger charge is 2.32. The van der Waals surface area contributed by atoms with E-state index in [1.807, 2.05) is 36.4 Å². The molecule has 0 saturated carbocycles. The number of rotatable bonds is 6. The average Bonchev–Trinajstić information content (AvgIpc) is 2.68. The van der Waals surface area contributed by atoms with E-state index in [1.165, 1.54) is 4.31 Å². The van der Waals surface area contributed by atoms with Gasteiger partial charge in [-0.05, 0) is 41.5 Å². The maximum absolute atomic E-state index is 12.8. The van der Waals surface area contributed by atoms with Gasteiger partial charge in [-0.1, -0.05) is 48.9 Å². The van der Waals surface area contributed by atoms with Crippen LogP contribution in [0.1, 0.15) is 37.8 Å². The van der Waals surface area contributed by atoms with Gasteiger partial charge < -0.3 is 0 Å². The summed E-state index contributed by atoms with van der Waals surface area (Å²) in [5, 5.41) is 0.250. The normalized spacial score (nSPS) is 17.5. The molecule has 2 unspecified atom stereocenters. The fourth-order valence-electron chi connectivity index (χ4n) is 3.51. The van der Waals surface area contributed by atoms with Crippen LogP contribution in [0.5, 0.6) is 0 Å². The van der Waals surface area contributed by atoms with Gasteiger partial charge >= 0.3 is 8.03 Å². The number of hydrogen-bond acceptors (Lipinski definition) is 3. The summed E-state index contributed by atoms with van der Waals surface area (Å²) >= 11 is 0. The van der Waals surface area contributed by atoms with Crippen LogP contribution in [0.25, 0.3) is 11.1 Å². The summed E-state index contributed by atoms with van der Waals surface area (Å²) in [7, 11) is -6.28. The third-order valence-corrected chi connectivity index (χ3v) is 7.29. The van der Waals surface area contributed by atoms with Crippen molar-refractivity contribution < 1.29 is 17.9 Å². The molecule has 0 bridgehead atoms. The lowest BCUT2D eigenvalue weighted by atomic mass is 9.96. The van der Waals surface area contributed by atoms with E-state index in [-0.39, 0.29) is 5.30 Å². The highest BCUT2D eigenvalue weighted by molar-refractivity contribution is 7.87. The molecule has 0 amide bonds. The van der Waals surface area contributed by atoms with Crippen LogP contribution in [0, 0.1) is 0 Å². The zero-order chi connectivity index (χ0) is 19.4. The Morgan fingerprint density at radius 2 is 1.70 bits per heavy atom. The Morgan fingerprint density at radius 3 is 2.33 bits per heavy atom. The highest BCUT2D eigenvalue weighted by atomic mass is 32.2.